The zero-order valence-corrected chi connectivity index (χ0v) is 21.8. The number of hydrogen-bond acceptors (Lipinski definition) is 1. The topological polar surface area (TPSA) is 17.1 Å². The van der Waals surface area contributed by atoms with Crippen LogP contribution in [0, 0.1) is 12.3 Å². The Labute approximate surface area is 197 Å². The summed E-state index contributed by atoms with van der Waals surface area (Å²) < 4.78 is 0. The molecule has 0 aliphatic carbocycles. The van der Waals surface area contributed by atoms with Gasteiger partial charge >= 0.3 is 0 Å². The lowest BCUT2D eigenvalue weighted by Crippen LogP contribution is -2.15. The predicted octanol–water partition coefficient (Wildman–Crippen LogP) is 10.6. The Balaban J connectivity index is 3.60. The average molecular weight is 434 g/mol. The van der Waals surface area contributed by atoms with Gasteiger partial charge in [-0.1, -0.05) is 123 Å². The van der Waals surface area contributed by atoms with E-state index in [2.05, 4.69) is 39.3 Å². The molecule has 1 atom stereocenters. The third-order valence-corrected chi connectivity index (χ3v) is 6.45. The molecule has 31 heavy (non-hydrogen) atoms. The summed E-state index contributed by atoms with van der Waals surface area (Å²) in [5.74, 6) is 0.726. The first-order chi connectivity index (χ1) is 15.3. The third kappa shape index (κ3) is 22.4. The van der Waals surface area contributed by atoms with Crippen LogP contribution in [0.1, 0.15) is 162 Å². The standard InChI is InChI=1S/C30H57O/c1-4-7-9-11-12-13-14-15-16-17-18-19-20-21-23-25-28-29(30(31)26-6-3)27-24-22-10-8-5-2/h15-16,28-29H,4-14,17-27H2,1-3H3/b16-15-. The zero-order valence-electron chi connectivity index (χ0n) is 21.8. The van der Waals surface area contributed by atoms with E-state index in [1.165, 1.54) is 116 Å². The molecule has 0 amide bonds. The Kier molecular flexibility index (Phi) is 25.2. The van der Waals surface area contributed by atoms with E-state index in [0.29, 0.717) is 5.78 Å². The Hall–Kier alpha value is -0.590. The van der Waals surface area contributed by atoms with Crippen molar-refractivity contribution in [1.82, 2.24) is 0 Å². The summed E-state index contributed by atoms with van der Waals surface area (Å²) in [5.41, 5.74) is 0. The molecule has 0 aromatic heterocycles. The molecule has 0 bridgehead atoms. The molecular formula is C30H57O. The molecule has 0 spiro atoms. The second-order valence-corrected chi connectivity index (χ2v) is 9.63. The average Bonchev–Trinajstić information content (AvgIpc) is 2.77. The largest absolute Gasteiger partial charge is 0.299 e. The van der Waals surface area contributed by atoms with E-state index in [1.807, 2.05) is 0 Å². The molecule has 1 nitrogen and oxygen atoms in total. The molecule has 1 radical (unpaired) electrons. The molecule has 0 heterocycles. The van der Waals surface area contributed by atoms with Gasteiger partial charge in [0.25, 0.3) is 0 Å². The molecule has 0 aliphatic rings. The molecule has 0 aliphatic heterocycles. The fourth-order valence-corrected chi connectivity index (χ4v) is 4.34. The van der Waals surface area contributed by atoms with E-state index >= 15 is 0 Å². The van der Waals surface area contributed by atoms with Crippen LogP contribution in [0.2, 0.25) is 0 Å². The SMILES string of the molecule is CCCCCCCC/C=C\CCCCCCC[CH]C(CCCCCCC)C(=O)CCC. The van der Waals surface area contributed by atoms with Crippen molar-refractivity contribution in [3.8, 4) is 0 Å². The van der Waals surface area contributed by atoms with Gasteiger partial charge in [-0.15, -0.1) is 0 Å². The Bertz CT molecular complexity index is 384. The van der Waals surface area contributed by atoms with Gasteiger partial charge in [0.2, 0.25) is 0 Å². The maximum Gasteiger partial charge on any atom is 0.136 e. The van der Waals surface area contributed by atoms with Crippen LogP contribution in [0.15, 0.2) is 12.2 Å². The summed E-state index contributed by atoms with van der Waals surface area (Å²) >= 11 is 0. The van der Waals surface area contributed by atoms with Crippen molar-refractivity contribution >= 4 is 5.78 Å². The van der Waals surface area contributed by atoms with Gasteiger partial charge in [0.1, 0.15) is 5.78 Å². The molecule has 0 N–H and O–H groups in total. The van der Waals surface area contributed by atoms with Gasteiger partial charge in [-0.05, 0) is 51.4 Å². The van der Waals surface area contributed by atoms with Crippen LogP contribution in [0.5, 0.6) is 0 Å². The van der Waals surface area contributed by atoms with E-state index in [-0.39, 0.29) is 5.92 Å². The number of Topliss-reactive ketones (excluding diaryl/α,β-unsaturated/α-hetero) is 1. The van der Waals surface area contributed by atoms with Gasteiger partial charge in [-0.3, -0.25) is 4.79 Å². The highest BCUT2D eigenvalue weighted by atomic mass is 16.1. The molecular weight excluding hydrogens is 376 g/mol. The molecule has 0 saturated heterocycles. The number of unbranched alkanes of at least 4 members (excludes halogenated alkanes) is 16. The summed E-state index contributed by atoms with van der Waals surface area (Å²) in [6, 6.07) is 0. The number of hydrogen-bond donors (Lipinski definition) is 0. The zero-order chi connectivity index (χ0) is 22.8. The molecule has 0 aromatic rings. The van der Waals surface area contributed by atoms with E-state index in [9.17, 15) is 4.79 Å². The minimum absolute atomic E-state index is 0.235. The van der Waals surface area contributed by atoms with Crippen molar-refractivity contribution in [2.75, 3.05) is 0 Å². The fraction of sp³-hybridized carbons (Fsp3) is 0.867. The molecule has 183 valence electrons. The molecule has 1 heteroatoms. The van der Waals surface area contributed by atoms with Gasteiger partial charge in [-0.25, -0.2) is 0 Å². The Morgan fingerprint density at radius 3 is 1.52 bits per heavy atom. The number of carbonyl (C=O) groups excluding carboxylic acids is 1. The maximum atomic E-state index is 12.4. The summed E-state index contributed by atoms with van der Waals surface area (Å²) in [6.45, 7) is 6.67. The van der Waals surface area contributed by atoms with Crippen LogP contribution in [0.4, 0.5) is 0 Å². The van der Waals surface area contributed by atoms with E-state index < -0.39 is 0 Å². The van der Waals surface area contributed by atoms with Gasteiger partial charge in [-0.2, -0.15) is 0 Å². The fourth-order valence-electron chi connectivity index (χ4n) is 4.34. The quantitative estimate of drug-likeness (QED) is 0.103. The van der Waals surface area contributed by atoms with E-state index in [4.69, 9.17) is 0 Å². The van der Waals surface area contributed by atoms with Crippen molar-refractivity contribution in [2.45, 2.75) is 162 Å². The normalized spacial score (nSPS) is 12.6. The maximum absolute atomic E-state index is 12.4. The number of ketones is 1. The minimum atomic E-state index is 0.235. The molecule has 0 rings (SSSR count). The molecule has 0 fully saturated rings. The van der Waals surface area contributed by atoms with E-state index in [0.717, 1.165) is 25.7 Å². The second kappa shape index (κ2) is 25.7. The number of allylic oxidation sites excluding steroid dienone is 2. The van der Waals surface area contributed by atoms with Crippen LogP contribution in [0.3, 0.4) is 0 Å². The van der Waals surface area contributed by atoms with Gasteiger partial charge in [0.05, 0.1) is 0 Å². The van der Waals surface area contributed by atoms with Crippen LogP contribution >= 0.6 is 0 Å². The summed E-state index contributed by atoms with van der Waals surface area (Å²) in [4.78, 5) is 12.4. The lowest BCUT2D eigenvalue weighted by molar-refractivity contribution is -0.122. The van der Waals surface area contributed by atoms with Crippen molar-refractivity contribution in [2.24, 2.45) is 5.92 Å². The Morgan fingerprint density at radius 1 is 0.548 bits per heavy atom. The highest BCUT2D eigenvalue weighted by Gasteiger charge is 2.16. The van der Waals surface area contributed by atoms with Crippen LogP contribution in [-0.2, 0) is 4.79 Å². The monoisotopic (exact) mass is 433 g/mol. The molecule has 0 saturated carbocycles. The molecule has 0 aromatic carbocycles. The summed E-state index contributed by atoms with van der Waals surface area (Å²) in [7, 11) is 0. The molecule has 1 unspecified atom stereocenters. The van der Waals surface area contributed by atoms with Gasteiger partial charge < -0.3 is 0 Å². The predicted molar refractivity (Wildman–Crippen MR) is 141 cm³/mol. The van der Waals surface area contributed by atoms with Crippen LogP contribution in [-0.4, -0.2) is 5.78 Å². The van der Waals surface area contributed by atoms with Crippen molar-refractivity contribution in [3.05, 3.63) is 18.6 Å². The van der Waals surface area contributed by atoms with Gasteiger partial charge in [0, 0.05) is 12.3 Å². The van der Waals surface area contributed by atoms with Crippen molar-refractivity contribution in [1.29, 1.82) is 0 Å². The van der Waals surface area contributed by atoms with Crippen molar-refractivity contribution < 1.29 is 4.79 Å². The highest BCUT2D eigenvalue weighted by molar-refractivity contribution is 5.82. The highest BCUT2D eigenvalue weighted by Crippen LogP contribution is 2.21. The lowest BCUT2D eigenvalue weighted by Gasteiger charge is -2.15. The smallest absolute Gasteiger partial charge is 0.136 e. The minimum Gasteiger partial charge on any atom is -0.299 e. The first kappa shape index (κ1) is 30.4. The third-order valence-electron chi connectivity index (χ3n) is 6.45. The second-order valence-electron chi connectivity index (χ2n) is 9.63. The first-order valence-electron chi connectivity index (χ1n) is 14.3. The summed E-state index contributed by atoms with van der Waals surface area (Å²) in [5, 5.41) is 0. The van der Waals surface area contributed by atoms with E-state index in [1.54, 1.807) is 0 Å². The number of rotatable bonds is 25. The van der Waals surface area contributed by atoms with Crippen molar-refractivity contribution in [3.63, 3.8) is 0 Å². The lowest BCUT2D eigenvalue weighted by atomic mass is 9.89. The number of carbonyl (C=O) groups is 1. The first-order valence-corrected chi connectivity index (χ1v) is 14.3. The Morgan fingerprint density at radius 2 is 1.00 bits per heavy atom. The van der Waals surface area contributed by atoms with Crippen LogP contribution in [0.25, 0.3) is 0 Å². The summed E-state index contributed by atoms with van der Waals surface area (Å²) in [6.07, 6.45) is 35.2. The van der Waals surface area contributed by atoms with Gasteiger partial charge in [0.15, 0.2) is 0 Å². The van der Waals surface area contributed by atoms with Crippen LogP contribution < -0.4 is 0 Å².